The first-order valence-corrected chi connectivity index (χ1v) is 8.75. The highest BCUT2D eigenvalue weighted by Gasteiger charge is 2.29. The Kier molecular flexibility index (Phi) is 4.75. The number of benzene rings is 2. The van der Waals surface area contributed by atoms with Gasteiger partial charge in [0.25, 0.3) is 5.91 Å². The fraction of sp³-hybridized carbons (Fsp3) is 0.0952. The van der Waals surface area contributed by atoms with Crippen LogP contribution < -0.4 is 5.32 Å². The zero-order valence-electron chi connectivity index (χ0n) is 15.0. The summed E-state index contributed by atoms with van der Waals surface area (Å²) in [5.74, 6) is 0.0318. The van der Waals surface area contributed by atoms with E-state index in [1.165, 1.54) is 18.3 Å². The molecule has 0 fully saturated rings. The first-order valence-electron chi connectivity index (χ1n) is 8.75. The maximum absolute atomic E-state index is 12.8. The Morgan fingerprint density at radius 1 is 1.00 bits per heavy atom. The van der Waals surface area contributed by atoms with E-state index in [0.29, 0.717) is 16.9 Å². The fourth-order valence-corrected chi connectivity index (χ4v) is 2.99. The second-order valence-electron chi connectivity index (χ2n) is 6.41. The number of carbonyl (C=O) groups is 1. The Bertz CT molecular complexity index is 1150. The number of hydrogen-bond donors (Lipinski definition) is 1. The first kappa shape index (κ1) is 18.7. The molecule has 0 spiro atoms. The van der Waals surface area contributed by atoms with Gasteiger partial charge >= 0.3 is 6.18 Å². The molecular formula is C21H15F3N4O. The standard InChI is InChI=1S/C21H15F3N4O/c22-21(23,24)16-9-7-14(8-10-16)13-28-18-6-2-1-5-17(18)19(27-28)26-20(29)15-4-3-11-25-12-15/h1-12H,13H2,(H,26,27,29). The van der Waals surface area contributed by atoms with Gasteiger partial charge in [0.15, 0.2) is 5.82 Å². The van der Waals surface area contributed by atoms with Crippen molar-refractivity contribution in [3.8, 4) is 0 Å². The number of anilines is 1. The normalized spacial score (nSPS) is 11.6. The van der Waals surface area contributed by atoms with Crippen molar-refractivity contribution in [3.05, 3.63) is 89.7 Å². The van der Waals surface area contributed by atoms with Crippen LogP contribution in [-0.2, 0) is 12.7 Å². The number of aromatic nitrogens is 3. The molecule has 1 N–H and O–H groups in total. The molecule has 0 aliphatic heterocycles. The highest BCUT2D eigenvalue weighted by molar-refractivity contribution is 6.07. The molecule has 1 amide bonds. The van der Waals surface area contributed by atoms with E-state index >= 15 is 0 Å². The monoisotopic (exact) mass is 396 g/mol. The number of amides is 1. The van der Waals surface area contributed by atoms with E-state index < -0.39 is 11.7 Å². The number of fused-ring (bicyclic) bond motifs is 1. The van der Waals surface area contributed by atoms with Crippen LogP contribution in [0.4, 0.5) is 19.0 Å². The summed E-state index contributed by atoms with van der Waals surface area (Å²) in [7, 11) is 0. The summed E-state index contributed by atoms with van der Waals surface area (Å²) in [4.78, 5) is 16.4. The van der Waals surface area contributed by atoms with Crippen LogP contribution in [0.3, 0.4) is 0 Å². The molecule has 2 aromatic carbocycles. The van der Waals surface area contributed by atoms with Crippen molar-refractivity contribution in [2.75, 3.05) is 5.32 Å². The van der Waals surface area contributed by atoms with Crippen molar-refractivity contribution < 1.29 is 18.0 Å². The molecule has 2 heterocycles. The van der Waals surface area contributed by atoms with Gasteiger partial charge in [0, 0.05) is 17.8 Å². The highest BCUT2D eigenvalue weighted by atomic mass is 19.4. The number of halogens is 3. The van der Waals surface area contributed by atoms with Crippen LogP contribution in [0.15, 0.2) is 73.1 Å². The first-order chi connectivity index (χ1) is 13.9. The minimum Gasteiger partial charge on any atom is -0.305 e. The van der Waals surface area contributed by atoms with E-state index in [4.69, 9.17) is 0 Å². The Morgan fingerprint density at radius 3 is 2.45 bits per heavy atom. The minimum atomic E-state index is -4.37. The molecule has 0 aliphatic rings. The quantitative estimate of drug-likeness (QED) is 0.542. The summed E-state index contributed by atoms with van der Waals surface area (Å²) < 4.78 is 39.9. The topological polar surface area (TPSA) is 59.8 Å². The molecule has 8 heteroatoms. The maximum Gasteiger partial charge on any atom is 0.416 e. The highest BCUT2D eigenvalue weighted by Crippen LogP contribution is 2.29. The van der Waals surface area contributed by atoms with E-state index in [1.807, 2.05) is 24.3 Å². The third-order valence-corrected chi connectivity index (χ3v) is 4.43. The summed E-state index contributed by atoms with van der Waals surface area (Å²) in [6, 6.07) is 15.6. The van der Waals surface area contributed by atoms with Gasteiger partial charge in [-0.2, -0.15) is 18.3 Å². The lowest BCUT2D eigenvalue weighted by Gasteiger charge is -2.08. The Balaban J connectivity index is 1.63. The third kappa shape index (κ3) is 3.96. The van der Waals surface area contributed by atoms with Crippen LogP contribution in [0.1, 0.15) is 21.5 Å². The molecule has 0 saturated carbocycles. The van der Waals surface area contributed by atoms with Gasteiger partial charge < -0.3 is 5.32 Å². The van der Waals surface area contributed by atoms with Gasteiger partial charge in [0.2, 0.25) is 0 Å². The summed E-state index contributed by atoms with van der Waals surface area (Å²) in [5, 5.41) is 7.97. The minimum absolute atomic E-state index is 0.265. The number of alkyl halides is 3. The van der Waals surface area contributed by atoms with Gasteiger partial charge in [0.05, 0.1) is 23.2 Å². The average molecular weight is 396 g/mol. The summed E-state index contributed by atoms with van der Waals surface area (Å²) in [5.41, 5.74) is 1.12. The zero-order chi connectivity index (χ0) is 20.4. The Hall–Kier alpha value is -3.68. The summed E-state index contributed by atoms with van der Waals surface area (Å²) >= 11 is 0. The Morgan fingerprint density at radius 2 is 1.76 bits per heavy atom. The number of carbonyl (C=O) groups excluding carboxylic acids is 1. The van der Waals surface area contributed by atoms with Crippen LogP contribution in [0.25, 0.3) is 10.9 Å². The molecule has 0 saturated heterocycles. The smallest absolute Gasteiger partial charge is 0.305 e. The van der Waals surface area contributed by atoms with Crippen LogP contribution in [0.5, 0.6) is 0 Å². The largest absolute Gasteiger partial charge is 0.416 e. The van der Waals surface area contributed by atoms with Crippen LogP contribution in [-0.4, -0.2) is 20.7 Å². The van der Waals surface area contributed by atoms with Gasteiger partial charge in [0.1, 0.15) is 0 Å². The van der Waals surface area contributed by atoms with E-state index in [1.54, 1.807) is 23.0 Å². The van der Waals surface area contributed by atoms with Crippen molar-refractivity contribution >= 4 is 22.6 Å². The lowest BCUT2D eigenvalue weighted by molar-refractivity contribution is -0.137. The number of para-hydroxylation sites is 1. The SMILES string of the molecule is O=C(Nc1nn(Cc2ccc(C(F)(F)F)cc2)c2ccccc12)c1cccnc1. The predicted molar refractivity (Wildman–Crippen MR) is 102 cm³/mol. The number of rotatable bonds is 4. The van der Waals surface area contributed by atoms with Crippen LogP contribution >= 0.6 is 0 Å². The summed E-state index contributed by atoms with van der Waals surface area (Å²) in [6.45, 7) is 0.265. The van der Waals surface area contributed by atoms with Crippen molar-refractivity contribution in [3.63, 3.8) is 0 Å². The summed E-state index contributed by atoms with van der Waals surface area (Å²) in [6.07, 6.45) is -1.34. The molecule has 0 aliphatic carbocycles. The third-order valence-electron chi connectivity index (χ3n) is 4.43. The van der Waals surface area contributed by atoms with Gasteiger partial charge in [-0.1, -0.05) is 24.3 Å². The van der Waals surface area contributed by atoms with E-state index in [2.05, 4.69) is 15.4 Å². The average Bonchev–Trinajstić information content (AvgIpc) is 3.06. The number of nitrogens with zero attached hydrogens (tertiary/aromatic N) is 3. The molecule has 0 bridgehead atoms. The van der Waals surface area contributed by atoms with Crippen LogP contribution in [0, 0.1) is 0 Å². The lowest BCUT2D eigenvalue weighted by atomic mass is 10.1. The maximum atomic E-state index is 12.8. The molecule has 5 nitrogen and oxygen atoms in total. The zero-order valence-corrected chi connectivity index (χ0v) is 15.0. The van der Waals surface area contributed by atoms with Gasteiger partial charge in [-0.25, -0.2) is 0 Å². The number of nitrogens with one attached hydrogen (secondary N) is 1. The van der Waals surface area contributed by atoms with Crippen molar-refractivity contribution in [2.24, 2.45) is 0 Å². The molecule has 0 radical (unpaired) electrons. The molecule has 4 rings (SSSR count). The van der Waals surface area contributed by atoms with Crippen molar-refractivity contribution in [1.82, 2.24) is 14.8 Å². The van der Waals surface area contributed by atoms with Gasteiger partial charge in [-0.3, -0.25) is 14.5 Å². The molecule has 146 valence electrons. The molecule has 29 heavy (non-hydrogen) atoms. The lowest BCUT2D eigenvalue weighted by Crippen LogP contribution is -2.13. The fourth-order valence-electron chi connectivity index (χ4n) is 2.99. The predicted octanol–water partition coefficient (Wildman–Crippen LogP) is 4.75. The molecule has 0 unspecified atom stereocenters. The van der Waals surface area contributed by atoms with E-state index in [9.17, 15) is 18.0 Å². The van der Waals surface area contributed by atoms with Crippen molar-refractivity contribution in [1.29, 1.82) is 0 Å². The second-order valence-corrected chi connectivity index (χ2v) is 6.41. The van der Waals surface area contributed by atoms with E-state index in [0.717, 1.165) is 23.0 Å². The van der Waals surface area contributed by atoms with E-state index in [-0.39, 0.29) is 12.5 Å². The second kappa shape index (κ2) is 7.38. The molecule has 4 aromatic rings. The molecular weight excluding hydrogens is 381 g/mol. The number of pyridine rings is 1. The Labute approximate surface area is 163 Å². The molecule has 2 aromatic heterocycles. The van der Waals surface area contributed by atoms with Gasteiger partial charge in [-0.15, -0.1) is 0 Å². The number of hydrogen-bond acceptors (Lipinski definition) is 3. The van der Waals surface area contributed by atoms with Crippen LogP contribution in [0.2, 0.25) is 0 Å². The van der Waals surface area contributed by atoms with Gasteiger partial charge in [-0.05, 0) is 42.0 Å². The molecule has 0 atom stereocenters. The van der Waals surface area contributed by atoms with Crippen molar-refractivity contribution in [2.45, 2.75) is 12.7 Å².